The molecular formula is C18H26N2O3. The van der Waals surface area contributed by atoms with Crippen molar-refractivity contribution in [3.05, 3.63) is 24.3 Å². The molecule has 0 saturated heterocycles. The summed E-state index contributed by atoms with van der Waals surface area (Å²) in [4.78, 5) is 12.2. The number of hydrogen-bond acceptors (Lipinski definition) is 4. The van der Waals surface area contributed by atoms with Gasteiger partial charge in [0.2, 0.25) is 5.91 Å². The average molecular weight is 318 g/mol. The summed E-state index contributed by atoms with van der Waals surface area (Å²) in [6, 6.07) is 7.15. The molecule has 1 heterocycles. The van der Waals surface area contributed by atoms with Gasteiger partial charge in [0.25, 0.3) is 0 Å². The monoisotopic (exact) mass is 318 g/mol. The molecule has 2 unspecified atom stereocenters. The fraction of sp³-hybridized carbons (Fsp3) is 0.611. The Morgan fingerprint density at radius 1 is 1.22 bits per heavy atom. The summed E-state index contributed by atoms with van der Waals surface area (Å²) in [6.07, 6.45) is 6.89. The van der Waals surface area contributed by atoms with E-state index in [1.54, 1.807) is 0 Å². The smallest absolute Gasteiger partial charge is 0.237 e. The highest BCUT2D eigenvalue weighted by Crippen LogP contribution is 2.30. The van der Waals surface area contributed by atoms with Crippen LogP contribution in [-0.2, 0) is 4.79 Å². The maximum absolute atomic E-state index is 12.2. The van der Waals surface area contributed by atoms with E-state index in [0.29, 0.717) is 19.1 Å². The SMILES string of the molecule is NC(CC1CCCCC1)C(=O)NCC1COc2ccccc2O1. The molecule has 3 rings (SSSR count). The number of fused-ring (bicyclic) bond motifs is 1. The number of nitrogens with one attached hydrogen (secondary N) is 1. The molecule has 0 radical (unpaired) electrons. The minimum absolute atomic E-state index is 0.0852. The topological polar surface area (TPSA) is 73.6 Å². The number of carbonyl (C=O) groups excluding carboxylic acids is 1. The molecule has 1 amide bonds. The zero-order chi connectivity index (χ0) is 16.1. The van der Waals surface area contributed by atoms with E-state index in [2.05, 4.69) is 5.32 Å². The molecule has 1 aliphatic heterocycles. The molecule has 126 valence electrons. The fourth-order valence-electron chi connectivity index (χ4n) is 3.40. The van der Waals surface area contributed by atoms with Gasteiger partial charge in [-0.15, -0.1) is 0 Å². The lowest BCUT2D eigenvalue weighted by molar-refractivity contribution is -0.123. The lowest BCUT2D eigenvalue weighted by atomic mass is 9.85. The van der Waals surface area contributed by atoms with Crippen molar-refractivity contribution in [2.45, 2.75) is 50.7 Å². The molecule has 23 heavy (non-hydrogen) atoms. The number of amides is 1. The normalized spacial score (nSPS) is 22.4. The molecule has 1 saturated carbocycles. The third-order valence-electron chi connectivity index (χ3n) is 4.72. The van der Waals surface area contributed by atoms with Gasteiger partial charge in [-0.3, -0.25) is 4.79 Å². The van der Waals surface area contributed by atoms with Crippen molar-refractivity contribution in [2.75, 3.05) is 13.2 Å². The van der Waals surface area contributed by atoms with Gasteiger partial charge in [-0.25, -0.2) is 0 Å². The molecule has 1 aromatic carbocycles. The molecule has 2 aliphatic rings. The van der Waals surface area contributed by atoms with E-state index in [-0.39, 0.29) is 12.0 Å². The largest absolute Gasteiger partial charge is 0.486 e. The highest BCUT2D eigenvalue weighted by molar-refractivity contribution is 5.81. The molecule has 0 spiro atoms. The number of para-hydroxylation sites is 2. The summed E-state index contributed by atoms with van der Waals surface area (Å²) in [6.45, 7) is 0.862. The molecule has 1 fully saturated rings. The number of benzene rings is 1. The first-order chi connectivity index (χ1) is 11.2. The van der Waals surface area contributed by atoms with Crippen LogP contribution in [0.15, 0.2) is 24.3 Å². The number of rotatable bonds is 5. The van der Waals surface area contributed by atoms with Crippen molar-refractivity contribution in [1.29, 1.82) is 0 Å². The van der Waals surface area contributed by atoms with Gasteiger partial charge in [-0.1, -0.05) is 44.2 Å². The summed E-state index contributed by atoms with van der Waals surface area (Å²) in [5.74, 6) is 2.00. The van der Waals surface area contributed by atoms with Crippen molar-refractivity contribution >= 4 is 5.91 Å². The van der Waals surface area contributed by atoms with Crippen LogP contribution in [0.2, 0.25) is 0 Å². The zero-order valence-electron chi connectivity index (χ0n) is 13.5. The Hall–Kier alpha value is -1.75. The Morgan fingerprint density at radius 2 is 1.96 bits per heavy atom. The molecule has 1 aromatic rings. The Balaban J connectivity index is 1.42. The minimum atomic E-state index is -0.421. The third kappa shape index (κ3) is 4.38. The quantitative estimate of drug-likeness (QED) is 0.873. The van der Waals surface area contributed by atoms with Gasteiger partial charge in [0, 0.05) is 0 Å². The van der Waals surface area contributed by atoms with Gasteiger partial charge >= 0.3 is 0 Å². The summed E-state index contributed by atoms with van der Waals surface area (Å²) in [7, 11) is 0. The number of nitrogens with two attached hydrogens (primary N) is 1. The minimum Gasteiger partial charge on any atom is -0.486 e. The standard InChI is InChI=1S/C18H26N2O3/c19-15(10-13-6-2-1-3-7-13)18(21)20-11-14-12-22-16-8-4-5-9-17(16)23-14/h4-5,8-9,13-15H,1-3,6-7,10-12,19H2,(H,20,21). The van der Waals surface area contributed by atoms with Crippen molar-refractivity contribution < 1.29 is 14.3 Å². The van der Waals surface area contributed by atoms with E-state index in [1.807, 2.05) is 24.3 Å². The Morgan fingerprint density at radius 3 is 2.74 bits per heavy atom. The van der Waals surface area contributed by atoms with Crippen LogP contribution in [-0.4, -0.2) is 31.2 Å². The summed E-state index contributed by atoms with van der Waals surface area (Å²) >= 11 is 0. The molecule has 2 atom stereocenters. The van der Waals surface area contributed by atoms with Crippen LogP contribution in [0.5, 0.6) is 11.5 Å². The first-order valence-corrected chi connectivity index (χ1v) is 8.64. The first-order valence-electron chi connectivity index (χ1n) is 8.64. The molecular weight excluding hydrogens is 292 g/mol. The number of carbonyl (C=O) groups is 1. The van der Waals surface area contributed by atoms with Crippen LogP contribution in [0.4, 0.5) is 0 Å². The maximum atomic E-state index is 12.2. The van der Waals surface area contributed by atoms with Gasteiger partial charge in [0.05, 0.1) is 12.6 Å². The van der Waals surface area contributed by atoms with Crippen LogP contribution in [0.1, 0.15) is 38.5 Å². The summed E-state index contributed by atoms with van der Waals surface area (Å²) in [5.41, 5.74) is 6.06. The van der Waals surface area contributed by atoms with E-state index in [1.165, 1.54) is 32.1 Å². The Labute approximate surface area is 137 Å². The zero-order valence-corrected chi connectivity index (χ0v) is 13.5. The second kappa shape index (κ2) is 7.68. The summed E-state index contributed by atoms with van der Waals surface area (Å²) < 4.78 is 11.5. The molecule has 5 heteroatoms. The third-order valence-corrected chi connectivity index (χ3v) is 4.72. The highest BCUT2D eigenvalue weighted by atomic mass is 16.6. The second-order valence-electron chi connectivity index (χ2n) is 6.59. The lowest BCUT2D eigenvalue weighted by Crippen LogP contribution is -2.47. The van der Waals surface area contributed by atoms with Gasteiger partial charge < -0.3 is 20.5 Å². The van der Waals surface area contributed by atoms with Crippen molar-refractivity contribution in [3.63, 3.8) is 0 Å². The van der Waals surface area contributed by atoms with Crippen LogP contribution in [0, 0.1) is 5.92 Å². The molecule has 0 aromatic heterocycles. The van der Waals surface area contributed by atoms with Crippen molar-refractivity contribution in [2.24, 2.45) is 11.7 Å². The van der Waals surface area contributed by atoms with Gasteiger partial charge in [0.15, 0.2) is 11.5 Å². The Bertz CT molecular complexity index is 529. The van der Waals surface area contributed by atoms with Crippen LogP contribution in [0.3, 0.4) is 0 Å². The van der Waals surface area contributed by atoms with E-state index in [0.717, 1.165) is 17.9 Å². The molecule has 1 aliphatic carbocycles. The second-order valence-corrected chi connectivity index (χ2v) is 6.59. The van der Waals surface area contributed by atoms with E-state index < -0.39 is 6.04 Å². The van der Waals surface area contributed by atoms with E-state index >= 15 is 0 Å². The van der Waals surface area contributed by atoms with Gasteiger partial charge in [0.1, 0.15) is 12.7 Å². The van der Waals surface area contributed by atoms with Crippen LogP contribution in [0.25, 0.3) is 0 Å². The van der Waals surface area contributed by atoms with Gasteiger partial charge in [-0.05, 0) is 24.5 Å². The molecule has 3 N–H and O–H groups in total. The van der Waals surface area contributed by atoms with Gasteiger partial charge in [-0.2, -0.15) is 0 Å². The van der Waals surface area contributed by atoms with E-state index in [9.17, 15) is 4.79 Å². The number of hydrogen-bond donors (Lipinski definition) is 2. The van der Waals surface area contributed by atoms with Crippen molar-refractivity contribution in [3.8, 4) is 11.5 Å². The van der Waals surface area contributed by atoms with Crippen LogP contribution < -0.4 is 20.5 Å². The predicted molar refractivity (Wildman–Crippen MR) is 88.5 cm³/mol. The first kappa shape index (κ1) is 16.1. The molecule has 5 nitrogen and oxygen atoms in total. The van der Waals surface area contributed by atoms with E-state index in [4.69, 9.17) is 15.2 Å². The van der Waals surface area contributed by atoms with Crippen LogP contribution >= 0.6 is 0 Å². The molecule has 0 bridgehead atoms. The predicted octanol–water partition coefficient (Wildman–Crippen LogP) is 2.24. The summed E-state index contributed by atoms with van der Waals surface area (Å²) in [5, 5.41) is 2.90. The lowest BCUT2D eigenvalue weighted by Gasteiger charge is -2.27. The maximum Gasteiger partial charge on any atom is 0.237 e. The fourth-order valence-corrected chi connectivity index (χ4v) is 3.40. The Kier molecular flexibility index (Phi) is 5.39. The van der Waals surface area contributed by atoms with Crippen molar-refractivity contribution in [1.82, 2.24) is 5.32 Å². The highest BCUT2D eigenvalue weighted by Gasteiger charge is 2.24. The average Bonchev–Trinajstić information content (AvgIpc) is 2.60. The number of ether oxygens (including phenoxy) is 2.